The Bertz CT molecular complexity index is 908. The lowest BCUT2D eigenvalue weighted by Crippen LogP contribution is -2.53. The summed E-state index contributed by atoms with van der Waals surface area (Å²) < 4.78 is 0. The number of nitrogens with zero attached hydrogens (tertiary/aromatic N) is 4. The van der Waals surface area contributed by atoms with E-state index in [0.29, 0.717) is 17.2 Å². The van der Waals surface area contributed by atoms with E-state index >= 15 is 0 Å². The van der Waals surface area contributed by atoms with Gasteiger partial charge in [-0.3, -0.25) is 30.0 Å². The lowest BCUT2D eigenvalue weighted by atomic mass is 10.1. The molecule has 2 aromatic rings. The van der Waals surface area contributed by atoms with Crippen molar-refractivity contribution in [3.63, 3.8) is 0 Å². The number of nitrogens with one attached hydrogen (secondary N) is 1. The molecule has 0 spiro atoms. The fraction of sp³-hybridized carbons (Fsp3) is 0.435. The molecule has 9 heteroatoms. The molecular formula is C23H29N5O3S. The van der Waals surface area contributed by atoms with Crippen LogP contribution in [-0.2, 0) is 16.0 Å². The number of hydrogen-bond donors (Lipinski definition) is 2. The second kappa shape index (κ2) is 10.9. The van der Waals surface area contributed by atoms with Crippen LogP contribution in [0.5, 0.6) is 0 Å². The van der Waals surface area contributed by atoms with E-state index in [2.05, 4.69) is 15.2 Å². The van der Waals surface area contributed by atoms with Crippen LogP contribution in [0.2, 0.25) is 0 Å². The second-order valence-corrected chi connectivity index (χ2v) is 9.25. The van der Waals surface area contributed by atoms with E-state index in [1.54, 1.807) is 24.0 Å². The highest BCUT2D eigenvalue weighted by atomic mass is 32.2. The van der Waals surface area contributed by atoms with Crippen molar-refractivity contribution >= 4 is 29.8 Å². The predicted octanol–water partition coefficient (Wildman–Crippen LogP) is 1.91. The fourth-order valence-corrected chi connectivity index (χ4v) is 5.39. The molecule has 2 aliphatic rings. The van der Waals surface area contributed by atoms with Gasteiger partial charge in [-0.05, 0) is 48.7 Å². The van der Waals surface area contributed by atoms with Gasteiger partial charge < -0.3 is 4.90 Å². The number of anilines is 1. The molecule has 2 saturated heterocycles. The summed E-state index contributed by atoms with van der Waals surface area (Å²) in [5.74, 6) is 0.983. The third-order valence-corrected chi connectivity index (χ3v) is 7.23. The summed E-state index contributed by atoms with van der Waals surface area (Å²) in [6.07, 6.45) is 5.86. The average molecular weight is 456 g/mol. The van der Waals surface area contributed by atoms with Crippen molar-refractivity contribution in [2.45, 2.75) is 24.3 Å². The van der Waals surface area contributed by atoms with Gasteiger partial charge in [-0.25, -0.2) is 0 Å². The number of piperazine rings is 1. The number of hydroxylamine groups is 1. The first-order valence-electron chi connectivity index (χ1n) is 10.9. The smallest absolute Gasteiger partial charge is 0.240 e. The molecule has 170 valence electrons. The van der Waals surface area contributed by atoms with Gasteiger partial charge in [-0.2, -0.15) is 5.06 Å². The second-order valence-electron chi connectivity index (χ2n) is 8.11. The first-order valence-corrected chi connectivity index (χ1v) is 12.0. The number of pyridine rings is 1. The van der Waals surface area contributed by atoms with Crippen LogP contribution >= 0.6 is 11.8 Å². The minimum absolute atomic E-state index is 0.127. The third kappa shape index (κ3) is 5.66. The van der Waals surface area contributed by atoms with Crippen LogP contribution in [0.15, 0.2) is 48.8 Å². The summed E-state index contributed by atoms with van der Waals surface area (Å²) in [4.78, 5) is 32.2. The quantitative estimate of drug-likeness (QED) is 0.357. The Morgan fingerprint density at radius 3 is 2.84 bits per heavy atom. The molecule has 0 saturated carbocycles. The van der Waals surface area contributed by atoms with E-state index in [1.807, 2.05) is 41.4 Å². The molecule has 3 heterocycles. The molecule has 0 aliphatic carbocycles. The Morgan fingerprint density at radius 2 is 2.09 bits per heavy atom. The minimum Gasteiger partial charge on any atom is -0.339 e. The van der Waals surface area contributed by atoms with Gasteiger partial charge in [0.15, 0.2) is 0 Å². The Hall–Kier alpha value is -2.46. The fourth-order valence-electron chi connectivity index (χ4n) is 4.17. The maximum atomic E-state index is 13.0. The first kappa shape index (κ1) is 22.7. The monoisotopic (exact) mass is 455 g/mol. The molecule has 4 rings (SSSR count). The van der Waals surface area contributed by atoms with Crippen molar-refractivity contribution in [1.82, 2.24) is 20.1 Å². The van der Waals surface area contributed by atoms with Crippen LogP contribution in [0.4, 0.5) is 5.69 Å². The normalized spacial score (nSPS) is 21.5. The van der Waals surface area contributed by atoms with E-state index in [9.17, 15) is 14.8 Å². The molecular weight excluding hydrogens is 426 g/mol. The average Bonchev–Trinajstić information content (AvgIpc) is 3.35. The number of aromatic nitrogens is 1. The molecule has 2 fully saturated rings. The highest BCUT2D eigenvalue weighted by molar-refractivity contribution is 7.99. The van der Waals surface area contributed by atoms with E-state index < -0.39 is 0 Å². The van der Waals surface area contributed by atoms with Crippen LogP contribution in [0.3, 0.4) is 0 Å². The Labute approximate surface area is 192 Å². The lowest BCUT2D eigenvalue weighted by Gasteiger charge is -2.36. The van der Waals surface area contributed by atoms with Crippen molar-refractivity contribution in [3.8, 4) is 0 Å². The molecule has 2 aliphatic heterocycles. The van der Waals surface area contributed by atoms with Gasteiger partial charge >= 0.3 is 0 Å². The number of hydrogen-bond acceptors (Lipinski definition) is 7. The number of thioether (sulfide) groups is 1. The zero-order valence-corrected chi connectivity index (χ0v) is 18.8. The van der Waals surface area contributed by atoms with Crippen molar-refractivity contribution in [3.05, 3.63) is 59.9 Å². The summed E-state index contributed by atoms with van der Waals surface area (Å²) in [6, 6.07) is 11.2. The molecule has 2 N–H and O–H groups in total. The van der Waals surface area contributed by atoms with Gasteiger partial charge in [0.2, 0.25) is 12.3 Å². The first-order chi connectivity index (χ1) is 15.6. The number of rotatable bonds is 8. The summed E-state index contributed by atoms with van der Waals surface area (Å²) in [5.41, 5.74) is 2.68. The molecule has 32 heavy (non-hydrogen) atoms. The van der Waals surface area contributed by atoms with Crippen molar-refractivity contribution in [1.29, 1.82) is 0 Å². The van der Waals surface area contributed by atoms with E-state index in [-0.39, 0.29) is 17.3 Å². The van der Waals surface area contributed by atoms with Gasteiger partial charge in [-0.15, -0.1) is 11.8 Å². The third-order valence-electron chi connectivity index (χ3n) is 5.97. The Balaban J connectivity index is 1.18. The highest BCUT2D eigenvalue weighted by Crippen LogP contribution is 2.32. The molecule has 2 amide bonds. The van der Waals surface area contributed by atoms with E-state index in [1.165, 1.54) is 0 Å². The van der Waals surface area contributed by atoms with E-state index in [0.717, 1.165) is 62.4 Å². The lowest BCUT2D eigenvalue weighted by molar-refractivity contribution is -0.134. The van der Waals surface area contributed by atoms with Crippen molar-refractivity contribution in [2.75, 3.05) is 43.5 Å². The molecule has 0 radical (unpaired) electrons. The standard InChI is InChI=1S/C23H29N5O3S/c29-17-28(31)20-7-1-4-18(14-20)5-3-9-26-10-12-27(13-11-26)23(30)21-16-32-22(25-21)19-6-2-8-24-15-19/h1-2,4,6-8,14-15,17,21-22,25,31H,3,5,9-13,16H2. The molecule has 1 aromatic carbocycles. The number of carbonyl (C=O) groups is 2. The van der Waals surface area contributed by atoms with Crippen molar-refractivity contribution < 1.29 is 14.8 Å². The van der Waals surface area contributed by atoms with Gasteiger partial charge in [0.1, 0.15) is 0 Å². The molecule has 0 bridgehead atoms. The van der Waals surface area contributed by atoms with Crippen molar-refractivity contribution in [2.24, 2.45) is 0 Å². The van der Waals surface area contributed by atoms with Crippen LogP contribution in [0.1, 0.15) is 22.9 Å². The zero-order valence-electron chi connectivity index (χ0n) is 18.0. The Morgan fingerprint density at radius 1 is 1.25 bits per heavy atom. The van der Waals surface area contributed by atoms with Gasteiger partial charge in [0.05, 0.1) is 17.1 Å². The van der Waals surface area contributed by atoms with Crippen LogP contribution in [0.25, 0.3) is 0 Å². The van der Waals surface area contributed by atoms with Crippen LogP contribution in [-0.4, -0.2) is 76.8 Å². The van der Waals surface area contributed by atoms with Gasteiger partial charge in [0, 0.05) is 44.3 Å². The summed E-state index contributed by atoms with van der Waals surface area (Å²) in [6.45, 7) is 4.24. The zero-order chi connectivity index (χ0) is 22.3. The van der Waals surface area contributed by atoms with Gasteiger partial charge in [-0.1, -0.05) is 18.2 Å². The summed E-state index contributed by atoms with van der Waals surface area (Å²) in [5, 5.41) is 13.7. The number of amides is 2. The maximum absolute atomic E-state index is 13.0. The molecule has 2 unspecified atom stereocenters. The SMILES string of the molecule is O=CN(O)c1cccc(CCCN2CCN(C(=O)C3CSC(c4cccnc4)N3)CC2)c1. The number of carbonyl (C=O) groups excluding carboxylic acids is 2. The van der Waals surface area contributed by atoms with E-state index in [4.69, 9.17) is 0 Å². The highest BCUT2D eigenvalue weighted by Gasteiger charge is 2.34. The molecule has 8 nitrogen and oxygen atoms in total. The largest absolute Gasteiger partial charge is 0.339 e. The topological polar surface area (TPSA) is 89.0 Å². The summed E-state index contributed by atoms with van der Waals surface area (Å²) >= 11 is 1.76. The van der Waals surface area contributed by atoms with Crippen LogP contribution in [0, 0.1) is 0 Å². The minimum atomic E-state index is -0.138. The van der Waals surface area contributed by atoms with Crippen LogP contribution < -0.4 is 10.4 Å². The Kier molecular flexibility index (Phi) is 7.75. The van der Waals surface area contributed by atoms with Gasteiger partial charge in [0.25, 0.3) is 0 Å². The molecule has 2 atom stereocenters. The maximum Gasteiger partial charge on any atom is 0.240 e. The predicted molar refractivity (Wildman–Crippen MR) is 124 cm³/mol. The number of benzene rings is 1. The number of aryl methyl sites for hydroxylation is 1. The summed E-state index contributed by atoms with van der Waals surface area (Å²) in [7, 11) is 0. The molecule has 1 aromatic heterocycles.